The third-order valence-electron chi connectivity index (χ3n) is 6.03. The van der Waals surface area contributed by atoms with Crippen LogP contribution in [0.4, 0.5) is 19.0 Å². The molecule has 0 aliphatic carbocycles. The predicted molar refractivity (Wildman–Crippen MR) is 125 cm³/mol. The van der Waals surface area contributed by atoms with Crippen LogP contribution < -0.4 is 4.90 Å². The Morgan fingerprint density at radius 3 is 2.43 bits per heavy atom. The van der Waals surface area contributed by atoms with E-state index in [9.17, 15) is 18.0 Å². The number of hydrogen-bond acceptors (Lipinski definition) is 8. The van der Waals surface area contributed by atoms with Gasteiger partial charge in [-0.1, -0.05) is 22.9 Å². The second kappa shape index (κ2) is 11.1. The standard InChI is InChI=1S/C21H25N7O2.C2HF3O2/c1-15-4-6-16(7-5-15)21(29)27-10-11-30-17(12-27)13-28-20-18(24-25-28)19(22-14-23-20)26-8-2-3-9-26;3-2(4,5)1(6)7/h4-7,14,17H,2-3,8-13H2,1H3;(H,6,7). The summed E-state index contributed by atoms with van der Waals surface area (Å²) in [6.45, 7) is 6.08. The lowest BCUT2D eigenvalue weighted by molar-refractivity contribution is -0.192. The number of anilines is 1. The summed E-state index contributed by atoms with van der Waals surface area (Å²) in [6.07, 6.45) is -1.34. The number of carbonyl (C=O) groups is 2. The molecule has 1 aromatic carbocycles. The maximum absolute atomic E-state index is 12.9. The number of carboxylic acid groups (broad SMARTS) is 1. The Bertz CT molecular complexity index is 1240. The SMILES string of the molecule is Cc1ccc(C(=O)N2CCOC(Cn3nnc4c(N5CCCC5)ncnc43)C2)cc1.O=C(O)C(F)(F)F. The zero-order valence-electron chi connectivity index (χ0n) is 20.1. The van der Waals surface area contributed by atoms with Crippen LogP contribution in [0.3, 0.4) is 0 Å². The van der Waals surface area contributed by atoms with Crippen LogP contribution in [0.1, 0.15) is 28.8 Å². The van der Waals surface area contributed by atoms with E-state index in [0.717, 1.165) is 30.0 Å². The Kier molecular flexibility index (Phi) is 7.86. The molecule has 2 aromatic heterocycles. The smallest absolute Gasteiger partial charge is 0.475 e. The van der Waals surface area contributed by atoms with E-state index in [1.165, 1.54) is 12.8 Å². The molecular formula is C23H26F3N7O4. The first-order valence-electron chi connectivity index (χ1n) is 11.7. The van der Waals surface area contributed by atoms with Crippen LogP contribution in [-0.2, 0) is 16.1 Å². The summed E-state index contributed by atoms with van der Waals surface area (Å²) in [4.78, 5) is 34.7. The minimum atomic E-state index is -5.08. The minimum absolute atomic E-state index is 0.0328. The number of aryl methyl sites for hydroxylation is 1. The van der Waals surface area contributed by atoms with Crippen molar-refractivity contribution >= 4 is 28.9 Å². The predicted octanol–water partition coefficient (Wildman–Crippen LogP) is 2.30. The summed E-state index contributed by atoms with van der Waals surface area (Å²) in [5, 5.41) is 15.8. The monoisotopic (exact) mass is 521 g/mol. The Balaban J connectivity index is 0.000000405. The molecule has 4 heterocycles. The van der Waals surface area contributed by atoms with E-state index in [4.69, 9.17) is 14.6 Å². The van der Waals surface area contributed by atoms with Gasteiger partial charge in [-0.05, 0) is 31.9 Å². The van der Waals surface area contributed by atoms with Gasteiger partial charge >= 0.3 is 12.1 Å². The molecule has 1 amide bonds. The molecule has 2 saturated heterocycles. The molecule has 2 aliphatic rings. The van der Waals surface area contributed by atoms with Crippen molar-refractivity contribution in [3.63, 3.8) is 0 Å². The lowest BCUT2D eigenvalue weighted by Gasteiger charge is -2.33. The molecule has 0 radical (unpaired) electrons. The summed E-state index contributed by atoms with van der Waals surface area (Å²) in [5.74, 6) is -1.87. The number of aliphatic carboxylic acids is 1. The summed E-state index contributed by atoms with van der Waals surface area (Å²) >= 11 is 0. The second-order valence-electron chi connectivity index (χ2n) is 8.75. The van der Waals surface area contributed by atoms with Gasteiger partial charge in [-0.15, -0.1) is 5.10 Å². The molecule has 5 rings (SSSR count). The van der Waals surface area contributed by atoms with Crippen molar-refractivity contribution in [2.45, 2.75) is 38.6 Å². The van der Waals surface area contributed by atoms with E-state index < -0.39 is 12.1 Å². The largest absolute Gasteiger partial charge is 0.490 e. The van der Waals surface area contributed by atoms with Crippen molar-refractivity contribution < 1.29 is 32.6 Å². The first-order chi connectivity index (χ1) is 17.6. The summed E-state index contributed by atoms with van der Waals surface area (Å²) in [6, 6.07) is 7.68. The van der Waals surface area contributed by atoms with Crippen LogP contribution in [0.15, 0.2) is 30.6 Å². The van der Waals surface area contributed by atoms with Crippen molar-refractivity contribution in [2.75, 3.05) is 37.7 Å². The molecular weight excluding hydrogens is 495 g/mol. The van der Waals surface area contributed by atoms with Crippen molar-refractivity contribution in [3.8, 4) is 0 Å². The quantitative estimate of drug-likeness (QED) is 0.550. The van der Waals surface area contributed by atoms with Gasteiger partial charge in [0.25, 0.3) is 5.91 Å². The number of ether oxygens (including phenoxy) is 1. The fourth-order valence-corrected chi connectivity index (χ4v) is 4.15. The molecule has 0 spiro atoms. The van der Waals surface area contributed by atoms with Gasteiger partial charge < -0.3 is 19.6 Å². The summed E-state index contributed by atoms with van der Waals surface area (Å²) in [5.41, 5.74) is 3.27. The molecule has 0 bridgehead atoms. The topological polar surface area (TPSA) is 127 Å². The van der Waals surface area contributed by atoms with Gasteiger partial charge in [-0.3, -0.25) is 4.79 Å². The molecule has 37 heavy (non-hydrogen) atoms. The van der Waals surface area contributed by atoms with Crippen LogP contribution >= 0.6 is 0 Å². The first kappa shape index (κ1) is 26.3. The highest BCUT2D eigenvalue weighted by molar-refractivity contribution is 5.94. The maximum atomic E-state index is 12.9. The normalized spacial score (nSPS) is 18.0. The van der Waals surface area contributed by atoms with E-state index in [0.29, 0.717) is 37.5 Å². The highest BCUT2D eigenvalue weighted by atomic mass is 19.4. The molecule has 2 fully saturated rings. The van der Waals surface area contributed by atoms with Gasteiger partial charge in [0.15, 0.2) is 17.0 Å². The van der Waals surface area contributed by atoms with E-state index in [-0.39, 0.29) is 12.0 Å². The third kappa shape index (κ3) is 6.31. The van der Waals surface area contributed by atoms with Crippen LogP contribution in [0.25, 0.3) is 11.2 Å². The zero-order chi connectivity index (χ0) is 26.6. The second-order valence-corrected chi connectivity index (χ2v) is 8.75. The van der Waals surface area contributed by atoms with E-state index >= 15 is 0 Å². The van der Waals surface area contributed by atoms with E-state index in [1.807, 2.05) is 36.1 Å². The van der Waals surface area contributed by atoms with Gasteiger partial charge in [-0.25, -0.2) is 19.4 Å². The number of aromatic nitrogens is 5. The van der Waals surface area contributed by atoms with Gasteiger partial charge in [0.2, 0.25) is 0 Å². The number of fused-ring (bicyclic) bond motifs is 1. The minimum Gasteiger partial charge on any atom is -0.475 e. The van der Waals surface area contributed by atoms with Crippen LogP contribution in [0, 0.1) is 6.92 Å². The molecule has 11 nitrogen and oxygen atoms in total. The van der Waals surface area contributed by atoms with Crippen molar-refractivity contribution in [1.29, 1.82) is 0 Å². The molecule has 1 unspecified atom stereocenters. The number of hydrogen-bond donors (Lipinski definition) is 1. The molecule has 1 atom stereocenters. The Labute approximate surface area is 209 Å². The van der Waals surface area contributed by atoms with Crippen LogP contribution in [-0.4, -0.2) is 91.9 Å². The number of morpholine rings is 1. The Morgan fingerprint density at radius 1 is 1.11 bits per heavy atom. The van der Waals surface area contributed by atoms with Crippen LogP contribution in [0.5, 0.6) is 0 Å². The highest BCUT2D eigenvalue weighted by Crippen LogP contribution is 2.24. The zero-order valence-corrected chi connectivity index (χ0v) is 20.1. The van der Waals surface area contributed by atoms with Gasteiger partial charge in [0, 0.05) is 31.7 Å². The number of halogens is 3. The molecule has 0 saturated carbocycles. The fourth-order valence-electron chi connectivity index (χ4n) is 4.15. The Hall–Kier alpha value is -3.81. The number of carboxylic acids is 1. The van der Waals surface area contributed by atoms with E-state index in [1.54, 1.807) is 11.0 Å². The van der Waals surface area contributed by atoms with Gasteiger partial charge in [0.1, 0.15) is 6.33 Å². The highest BCUT2D eigenvalue weighted by Gasteiger charge is 2.38. The lowest BCUT2D eigenvalue weighted by atomic mass is 10.1. The number of alkyl halides is 3. The van der Waals surface area contributed by atoms with Crippen LogP contribution in [0.2, 0.25) is 0 Å². The average Bonchev–Trinajstić information content (AvgIpc) is 3.55. The summed E-state index contributed by atoms with van der Waals surface area (Å²) < 4.78 is 39.4. The molecule has 14 heteroatoms. The number of carbonyl (C=O) groups excluding carboxylic acids is 1. The number of nitrogens with zero attached hydrogens (tertiary/aromatic N) is 7. The average molecular weight is 522 g/mol. The number of benzene rings is 1. The van der Waals surface area contributed by atoms with Crippen molar-refractivity contribution in [2.24, 2.45) is 0 Å². The Morgan fingerprint density at radius 2 is 1.78 bits per heavy atom. The molecule has 198 valence electrons. The molecule has 2 aliphatic heterocycles. The van der Waals surface area contributed by atoms with Gasteiger partial charge in [-0.2, -0.15) is 13.2 Å². The third-order valence-corrected chi connectivity index (χ3v) is 6.03. The molecule has 3 aromatic rings. The summed E-state index contributed by atoms with van der Waals surface area (Å²) in [7, 11) is 0. The van der Waals surface area contributed by atoms with Crippen molar-refractivity contribution in [1.82, 2.24) is 29.9 Å². The fraction of sp³-hybridized carbons (Fsp3) is 0.478. The van der Waals surface area contributed by atoms with E-state index in [2.05, 4.69) is 25.2 Å². The lowest BCUT2D eigenvalue weighted by Crippen LogP contribution is -2.47. The number of amides is 1. The van der Waals surface area contributed by atoms with Gasteiger partial charge in [0.05, 0.1) is 19.3 Å². The maximum Gasteiger partial charge on any atom is 0.490 e. The van der Waals surface area contributed by atoms with Crippen molar-refractivity contribution in [3.05, 3.63) is 41.7 Å². The first-order valence-corrected chi connectivity index (χ1v) is 11.7. The number of rotatable bonds is 4. The molecule has 1 N–H and O–H groups in total.